The molecule has 2 heterocycles. The third-order valence-corrected chi connectivity index (χ3v) is 7.50. The Bertz CT molecular complexity index is 883. The van der Waals surface area contributed by atoms with Gasteiger partial charge in [0.25, 0.3) is 0 Å². The minimum absolute atomic E-state index is 0.118. The minimum atomic E-state index is -3.06. The lowest BCUT2D eigenvalue weighted by molar-refractivity contribution is 0.383. The number of hydrogen-bond donors (Lipinski definition) is 0. The van der Waals surface area contributed by atoms with Crippen LogP contribution in [-0.2, 0) is 10.0 Å². The van der Waals surface area contributed by atoms with Crippen LogP contribution >= 0.6 is 0 Å². The monoisotopic (exact) mass is 345 g/mol. The Kier molecular flexibility index (Phi) is 3.77. The van der Waals surface area contributed by atoms with Crippen LogP contribution in [0.3, 0.4) is 0 Å². The zero-order chi connectivity index (χ0) is 16.9. The van der Waals surface area contributed by atoms with Crippen LogP contribution in [0.25, 0.3) is 10.9 Å². The maximum absolute atomic E-state index is 12.4. The first-order chi connectivity index (χ1) is 11.5. The molecule has 0 spiro atoms. The molecule has 0 N–H and O–H groups in total. The number of para-hydroxylation sites is 1. The summed E-state index contributed by atoms with van der Waals surface area (Å²) in [7, 11) is -3.06. The summed E-state index contributed by atoms with van der Waals surface area (Å²) in [5.74, 6) is 0.956. The second-order valence-electron chi connectivity index (χ2n) is 6.90. The van der Waals surface area contributed by atoms with Crippen LogP contribution in [-0.4, -0.2) is 49.1 Å². The van der Waals surface area contributed by atoms with E-state index in [2.05, 4.69) is 43.0 Å². The number of rotatable bonds is 3. The van der Waals surface area contributed by atoms with Crippen LogP contribution < -0.4 is 4.90 Å². The molecular formula is C18H23N3O2S. The summed E-state index contributed by atoms with van der Waals surface area (Å²) in [5.41, 5.74) is 3.43. The van der Waals surface area contributed by atoms with E-state index in [4.69, 9.17) is 4.98 Å². The standard InChI is InChI=1S/C18H23N3O2S/c1-13-4-3-5-16-14(2)12-17(19-18(13)16)20-8-10-21(11-9-20)24(22,23)15-6-7-15/h3-5,12,15H,6-11H2,1-2H3. The average molecular weight is 345 g/mol. The van der Waals surface area contributed by atoms with Gasteiger partial charge in [-0.05, 0) is 43.9 Å². The first-order valence-corrected chi connectivity index (χ1v) is 10.1. The third-order valence-electron chi connectivity index (χ3n) is 5.10. The lowest BCUT2D eigenvalue weighted by Crippen LogP contribution is -2.49. The Balaban J connectivity index is 1.57. The van der Waals surface area contributed by atoms with Gasteiger partial charge < -0.3 is 4.90 Å². The van der Waals surface area contributed by atoms with E-state index in [1.54, 1.807) is 4.31 Å². The second kappa shape index (κ2) is 5.70. The third kappa shape index (κ3) is 2.67. The Morgan fingerprint density at radius 3 is 2.42 bits per heavy atom. The molecule has 2 fully saturated rings. The number of aromatic nitrogens is 1. The van der Waals surface area contributed by atoms with Crippen molar-refractivity contribution < 1.29 is 8.42 Å². The highest BCUT2D eigenvalue weighted by Crippen LogP contribution is 2.32. The number of piperazine rings is 1. The minimum Gasteiger partial charge on any atom is -0.354 e. The molecule has 1 saturated heterocycles. The summed E-state index contributed by atoms with van der Waals surface area (Å²) < 4.78 is 26.4. The van der Waals surface area contributed by atoms with E-state index >= 15 is 0 Å². The van der Waals surface area contributed by atoms with Gasteiger partial charge in [0.2, 0.25) is 10.0 Å². The van der Waals surface area contributed by atoms with Gasteiger partial charge in [0.1, 0.15) is 5.82 Å². The predicted octanol–water partition coefficient (Wildman–Crippen LogP) is 2.47. The van der Waals surface area contributed by atoms with Crippen molar-refractivity contribution in [1.29, 1.82) is 0 Å². The molecule has 0 amide bonds. The van der Waals surface area contributed by atoms with E-state index in [0.717, 1.165) is 24.2 Å². The van der Waals surface area contributed by atoms with Crippen molar-refractivity contribution in [3.8, 4) is 0 Å². The van der Waals surface area contributed by atoms with Gasteiger partial charge in [-0.3, -0.25) is 0 Å². The molecule has 0 atom stereocenters. The largest absolute Gasteiger partial charge is 0.354 e. The summed E-state index contributed by atoms with van der Waals surface area (Å²) in [4.78, 5) is 7.06. The number of sulfonamides is 1. The fourth-order valence-corrected chi connectivity index (χ4v) is 5.28. The molecule has 0 unspecified atom stereocenters. The lowest BCUT2D eigenvalue weighted by Gasteiger charge is -2.35. The lowest BCUT2D eigenvalue weighted by atomic mass is 10.1. The molecule has 5 nitrogen and oxygen atoms in total. The van der Waals surface area contributed by atoms with Crippen LogP contribution in [0.4, 0.5) is 5.82 Å². The van der Waals surface area contributed by atoms with E-state index in [0.29, 0.717) is 26.2 Å². The molecule has 1 aromatic carbocycles. The van der Waals surface area contributed by atoms with Crippen molar-refractivity contribution in [3.05, 3.63) is 35.4 Å². The van der Waals surface area contributed by atoms with Crippen molar-refractivity contribution in [2.45, 2.75) is 31.9 Å². The fraction of sp³-hybridized carbons (Fsp3) is 0.500. The molecule has 0 bridgehead atoms. The van der Waals surface area contributed by atoms with E-state index in [9.17, 15) is 8.42 Å². The molecule has 2 aliphatic rings. The highest BCUT2D eigenvalue weighted by Gasteiger charge is 2.41. The fourth-order valence-electron chi connectivity index (χ4n) is 3.45. The number of anilines is 1. The van der Waals surface area contributed by atoms with Crippen molar-refractivity contribution >= 4 is 26.7 Å². The number of aryl methyl sites for hydroxylation is 2. The summed E-state index contributed by atoms with van der Waals surface area (Å²) >= 11 is 0. The van der Waals surface area contributed by atoms with E-state index in [1.165, 1.54) is 16.5 Å². The van der Waals surface area contributed by atoms with Crippen LogP contribution in [0.15, 0.2) is 24.3 Å². The van der Waals surface area contributed by atoms with Crippen LogP contribution in [0, 0.1) is 13.8 Å². The summed E-state index contributed by atoms with van der Waals surface area (Å²) in [6, 6.07) is 8.37. The van der Waals surface area contributed by atoms with Crippen LogP contribution in [0.5, 0.6) is 0 Å². The van der Waals surface area contributed by atoms with Gasteiger partial charge >= 0.3 is 0 Å². The van der Waals surface area contributed by atoms with E-state index in [1.807, 2.05) is 0 Å². The molecule has 6 heteroatoms. The molecule has 1 aliphatic carbocycles. The van der Waals surface area contributed by atoms with Crippen molar-refractivity contribution in [3.63, 3.8) is 0 Å². The molecular weight excluding hydrogens is 322 g/mol. The van der Waals surface area contributed by atoms with Gasteiger partial charge in [0, 0.05) is 31.6 Å². The van der Waals surface area contributed by atoms with E-state index < -0.39 is 10.0 Å². The van der Waals surface area contributed by atoms with Crippen molar-refractivity contribution in [1.82, 2.24) is 9.29 Å². The van der Waals surface area contributed by atoms with Crippen molar-refractivity contribution in [2.24, 2.45) is 0 Å². The van der Waals surface area contributed by atoms with Gasteiger partial charge in [0.15, 0.2) is 0 Å². The molecule has 128 valence electrons. The SMILES string of the molecule is Cc1cc(N2CCN(S(=O)(=O)C3CC3)CC2)nc2c(C)cccc12. The predicted molar refractivity (Wildman–Crippen MR) is 96.9 cm³/mol. The van der Waals surface area contributed by atoms with Crippen LogP contribution in [0.1, 0.15) is 24.0 Å². The van der Waals surface area contributed by atoms with E-state index in [-0.39, 0.29) is 5.25 Å². The number of benzene rings is 1. The van der Waals surface area contributed by atoms with Gasteiger partial charge in [0.05, 0.1) is 10.8 Å². The Labute approximate surface area is 143 Å². The maximum atomic E-state index is 12.4. The maximum Gasteiger partial charge on any atom is 0.217 e. The number of pyridine rings is 1. The normalized spacial score (nSPS) is 19.8. The molecule has 1 aliphatic heterocycles. The van der Waals surface area contributed by atoms with Crippen LogP contribution in [0.2, 0.25) is 0 Å². The average Bonchev–Trinajstić information content (AvgIpc) is 3.41. The van der Waals surface area contributed by atoms with Gasteiger partial charge in [-0.15, -0.1) is 0 Å². The molecule has 1 aromatic heterocycles. The summed E-state index contributed by atoms with van der Waals surface area (Å²) in [6.45, 7) is 6.72. The Hall–Kier alpha value is -1.66. The zero-order valence-electron chi connectivity index (χ0n) is 14.2. The smallest absolute Gasteiger partial charge is 0.217 e. The molecule has 2 aromatic rings. The van der Waals surface area contributed by atoms with Gasteiger partial charge in [-0.1, -0.05) is 18.2 Å². The highest BCUT2D eigenvalue weighted by molar-refractivity contribution is 7.90. The Morgan fingerprint density at radius 1 is 1.04 bits per heavy atom. The molecule has 4 rings (SSSR count). The quantitative estimate of drug-likeness (QED) is 0.857. The number of fused-ring (bicyclic) bond motifs is 1. The van der Waals surface area contributed by atoms with Gasteiger partial charge in [-0.25, -0.2) is 13.4 Å². The number of hydrogen-bond acceptors (Lipinski definition) is 4. The number of nitrogens with zero attached hydrogens (tertiary/aromatic N) is 3. The summed E-state index contributed by atoms with van der Waals surface area (Å²) in [5, 5.41) is 1.07. The first kappa shape index (κ1) is 15.8. The zero-order valence-corrected chi connectivity index (χ0v) is 15.0. The summed E-state index contributed by atoms with van der Waals surface area (Å²) in [6.07, 6.45) is 1.65. The van der Waals surface area contributed by atoms with Crippen molar-refractivity contribution in [2.75, 3.05) is 31.1 Å². The molecule has 24 heavy (non-hydrogen) atoms. The second-order valence-corrected chi connectivity index (χ2v) is 9.11. The molecule has 1 saturated carbocycles. The Morgan fingerprint density at radius 2 is 1.75 bits per heavy atom. The first-order valence-electron chi connectivity index (χ1n) is 8.58. The topological polar surface area (TPSA) is 53.5 Å². The van der Waals surface area contributed by atoms with Gasteiger partial charge in [-0.2, -0.15) is 4.31 Å². The molecule has 0 radical (unpaired) electrons. The highest BCUT2D eigenvalue weighted by atomic mass is 32.2.